The van der Waals surface area contributed by atoms with E-state index in [1.54, 1.807) is 0 Å². The van der Waals surface area contributed by atoms with E-state index in [-0.39, 0.29) is 0 Å². The summed E-state index contributed by atoms with van der Waals surface area (Å²) in [6.45, 7) is 8.05. The average molecular weight is 290 g/mol. The number of nitrogens with one attached hydrogen (secondary N) is 1. The zero-order chi connectivity index (χ0) is 13.2. The van der Waals surface area contributed by atoms with E-state index in [9.17, 15) is 0 Å². The first-order valence-corrected chi connectivity index (χ1v) is 9.94. The lowest BCUT2D eigenvalue weighted by Crippen LogP contribution is -2.42. The number of rotatable bonds is 9. The van der Waals surface area contributed by atoms with E-state index >= 15 is 0 Å². The molecule has 3 unspecified atom stereocenters. The highest BCUT2D eigenvalue weighted by Crippen LogP contribution is 2.30. The lowest BCUT2D eigenvalue weighted by molar-refractivity contribution is 0.351. The molecule has 0 aromatic carbocycles. The monoisotopic (exact) mass is 289 g/mol. The van der Waals surface area contributed by atoms with Gasteiger partial charge in [0.2, 0.25) is 0 Å². The average Bonchev–Trinajstić information content (AvgIpc) is 2.43. The molecule has 0 bridgehead atoms. The minimum Gasteiger partial charge on any atom is -0.313 e. The van der Waals surface area contributed by atoms with E-state index in [0.29, 0.717) is 0 Å². The van der Waals surface area contributed by atoms with Crippen LogP contribution in [0.2, 0.25) is 0 Å². The maximum absolute atomic E-state index is 3.76. The normalized spacial score (nSPS) is 23.8. The Hall–Kier alpha value is 0.660. The van der Waals surface area contributed by atoms with E-state index in [1.165, 1.54) is 49.4 Å². The predicted octanol–water partition coefficient (Wildman–Crippen LogP) is 4.42. The van der Waals surface area contributed by atoms with Crippen LogP contribution >= 0.6 is 23.5 Å². The van der Waals surface area contributed by atoms with Gasteiger partial charge >= 0.3 is 0 Å². The van der Waals surface area contributed by atoms with Crippen molar-refractivity contribution in [3.05, 3.63) is 0 Å². The van der Waals surface area contributed by atoms with Crippen LogP contribution < -0.4 is 5.32 Å². The molecule has 1 fully saturated rings. The van der Waals surface area contributed by atoms with Crippen molar-refractivity contribution in [3.63, 3.8) is 0 Å². The topological polar surface area (TPSA) is 12.0 Å². The van der Waals surface area contributed by atoms with Gasteiger partial charge < -0.3 is 5.32 Å². The molecule has 0 aliphatic carbocycles. The minimum atomic E-state index is 0.745. The van der Waals surface area contributed by atoms with Gasteiger partial charge in [0.05, 0.1) is 0 Å². The highest BCUT2D eigenvalue weighted by atomic mass is 32.2. The van der Waals surface area contributed by atoms with Crippen LogP contribution in [0.5, 0.6) is 0 Å². The molecule has 0 amide bonds. The Balaban J connectivity index is 2.43. The molecular weight excluding hydrogens is 258 g/mol. The van der Waals surface area contributed by atoms with Crippen LogP contribution in [0.25, 0.3) is 0 Å². The van der Waals surface area contributed by atoms with E-state index in [1.807, 2.05) is 0 Å². The van der Waals surface area contributed by atoms with Crippen LogP contribution in [0, 0.1) is 5.92 Å². The predicted molar refractivity (Wildman–Crippen MR) is 89.0 cm³/mol. The highest BCUT2D eigenvalue weighted by Gasteiger charge is 2.25. The number of hydrogen-bond donors (Lipinski definition) is 1. The maximum Gasteiger partial charge on any atom is 0.0292 e. The summed E-state index contributed by atoms with van der Waals surface area (Å²) in [5.41, 5.74) is 0. The summed E-state index contributed by atoms with van der Waals surface area (Å²) in [4.78, 5) is 0. The molecule has 0 saturated carbocycles. The summed E-state index contributed by atoms with van der Waals surface area (Å²) in [5.74, 6) is 4.99. The quantitative estimate of drug-likeness (QED) is 0.675. The first kappa shape index (κ1) is 16.7. The molecule has 1 aliphatic rings. The third kappa shape index (κ3) is 6.21. The molecule has 1 heterocycles. The molecule has 108 valence electrons. The lowest BCUT2D eigenvalue weighted by atomic mass is 9.91. The fourth-order valence-corrected chi connectivity index (χ4v) is 5.61. The molecule has 1 aliphatic heterocycles. The van der Waals surface area contributed by atoms with Crippen molar-refractivity contribution in [2.24, 2.45) is 5.92 Å². The zero-order valence-corrected chi connectivity index (χ0v) is 14.0. The molecular formula is C15H31NS2. The van der Waals surface area contributed by atoms with Crippen molar-refractivity contribution < 1.29 is 0 Å². The Bertz CT molecular complexity index is 193. The van der Waals surface area contributed by atoms with Crippen molar-refractivity contribution in [1.29, 1.82) is 0 Å². The second-order valence-electron chi connectivity index (χ2n) is 5.30. The zero-order valence-electron chi connectivity index (χ0n) is 12.4. The smallest absolute Gasteiger partial charge is 0.0292 e. The minimum absolute atomic E-state index is 0.745. The van der Waals surface area contributed by atoms with E-state index in [4.69, 9.17) is 0 Å². The van der Waals surface area contributed by atoms with Gasteiger partial charge in [-0.15, -0.1) is 0 Å². The number of unbranched alkanes of at least 4 members (excludes halogenated alkanes) is 1. The lowest BCUT2D eigenvalue weighted by Gasteiger charge is -2.32. The third-order valence-corrected chi connectivity index (χ3v) is 6.81. The van der Waals surface area contributed by atoms with Crippen molar-refractivity contribution in [2.45, 2.75) is 64.2 Å². The first-order chi connectivity index (χ1) is 8.81. The second-order valence-corrected chi connectivity index (χ2v) is 7.80. The van der Waals surface area contributed by atoms with Crippen molar-refractivity contribution in [3.8, 4) is 0 Å². The summed E-state index contributed by atoms with van der Waals surface area (Å²) >= 11 is 4.35. The molecule has 3 atom stereocenters. The van der Waals surface area contributed by atoms with Crippen LogP contribution in [-0.4, -0.2) is 35.1 Å². The largest absolute Gasteiger partial charge is 0.313 e. The molecule has 18 heavy (non-hydrogen) atoms. The highest BCUT2D eigenvalue weighted by molar-refractivity contribution is 8.06. The van der Waals surface area contributed by atoms with Crippen LogP contribution in [0.3, 0.4) is 0 Å². The van der Waals surface area contributed by atoms with Gasteiger partial charge in [0.1, 0.15) is 0 Å². The Labute approximate surface area is 123 Å². The molecule has 1 N–H and O–H groups in total. The molecule has 0 radical (unpaired) electrons. The van der Waals surface area contributed by atoms with E-state index < -0.39 is 0 Å². The summed E-state index contributed by atoms with van der Waals surface area (Å²) in [6, 6.07) is 0.745. The summed E-state index contributed by atoms with van der Waals surface area (Å²) in [7, 11) is 0. The molecule has 0 spiro atoms. The first-order valence-electron chi connectivity index (χ1n) is 7.74. The standard InChI is InChI=1S/C15H31NS2/c1-4-7-8-13(5-2)11-14(16-6-3)15-12-17-9-10-18-15/h13-16H,4-12H2,1-3H3. The molecule has 0 aromatic heterocycles. The van der Waals surface area contributed by atoms with Gasteiger partial charge in [-0.05, 0) is 18.9 Å². The molecule has 1 rings (SSSR count). The van der Waals surface area contributed by atoms with E-state index in [0.717, 1.165) is 23.8 Å². The number of hydrogen-bond acceptors (Lipinski definition) is 3. The van der Waals surface area contributed by atoms with Gasteiger partial charge in [0, 0.05) is 28.6 Å². The molecule has 1 nitrogen and oxygen atoms in total. The maximum atomic E-state index is 3.76. The van der Waals surface area contributed by atoms with Crippen LogP contribution in [-0.2, 0) is 0 Å². The van der Waals surface area contributed by atoms with Crippen LogP contribution in [0.4, 0.5) is 0 Å². The SMILES string of the molecule is CCCCC(CC)CC(NCC)C1CSCCS1. The van der Waals surface area contributed by atoms with Crippen molar-refractivity contribution in [1.82, 2.24) is 5.32 Å². The Morgan fingerprint density at radius 2 is 2.06 bits per heavy atom. The summed E-state index contributed by atoms with van der Waals surface area (Å²) in [6.07, 6.45) is 6.93. The van der Waals surface area contributed by atoms with Gasteiger partial charge in [-0.25, -0.2) is 0 Å². The van der Waals surface area contributed by atoms with Crippen LogP contribution in [0.1, 0.15) is 52.9 Å². The molecule has 0 aromatic rings. The van der Waals surface area contributed by atoms with Gasteiger partial charge in [-0.3, -0.25) is 0 Å². The van der Waals surface area contributed by atoms with Crippen LogP contribution in [0.15, 0.2) is 0 Å². The van der Waals surface area contributed by atoms with E-state index in [2.05, 4.69) is 49.6 Å². The molecule has 3 heteroatoms. The van der Waals surface area contributed by atoms with Gasteiger partial charge in [-0.1, -0.05) is 46.5 Å². The summed E-state index contributed by atoms with van der Waals surface area (Å²) in [5, 5.41) is 4.61. The number of thioether (sulfide) groups is 2. The Kier molecular flexibility index (Phi) is 9.70. The van der Waals surface area contributed by atoms with Gasteiger partial charge in [0.15, 0.2) is 0 Å². The summed E-state index contributed by atoms with van der Waals surface area (Å²) < 4.78 is 0. The second kappa shape index (κ2) is 10.4. The van der Waals surface area contributed by atoms with Crippen molar-refractivity contribution >= 4 is 23.5 Å². The fraction of sp³-hybridized carbons (Fsp3) is 1.00. The van der Waals surface area contributed by atoms with Gasteiger partial charge in [0.25, 0.3) is 0 Å². The molecule has 1 saturated heterocycles. The van der Waals surface area contributed by atoms with Gasteiger partial charge in [-0.2, -0.15) is 23.5 Å². The fourth-order valence-electron chi connectivity index (χ4n) is 2.71. The Morgan fingerprint density at radius 3 is 2.61 bits per heavy atom. The van der Waals surface area contributed by atoms with Crippen molar-refractivity contribution in [2.75, 3.05) is 23.8 Å². The Morgan fingerprint density at radius 1 is 1.22 bits per heavy atom. The third-order valence-electron chi connectivity index (χ3n) is 3.89.